The maximum Gasteiger partial charge on any atom is 0.248 e. The Kier molecular flexibility index (Phi) is 5.90. The molecule has 1 N–H and O–H groups in total. The minimum atomic E-state index is -0.626. The predicted molar refractivity (Wildman–Crippen MR) is 129 cm³/mol. The number of benzene rings is 2. The van der Waals surface area contributed by atoms with Crippen LogP contribution in [-0.2, 0) is 17.9 Å². The van der Waals surface area contributed by atoms with Crippen molar-refractivity contribution in [2.24, 2.45) is 28.7 Å². The van der Waals surface area contributed by atoms with Crippen LogP contribution in [-0.4, -0.2) is 35.1 Å². The van der Waals surface area contributed by atoms with Crippen LogP contribution in [0, 0.1) is 23.7 Å². The largest absolute Gasteiger partial charge is 0.350 e. The van der Waals surface area contributed by atoms with E-state index in [9.17, 15) is 4.79 Å². The van der Waals surface area contributed by atoms with E-state index in [0.29, 0.717) is 30.3 Å². The smallest absolute Gasteiger partial charge is 0.248 e. The molecule has 0 aromatic heterocycles. The van der Waals surface area contributed by atoms with Gasteiger partial charge in [0.15, 0.2) is 0 Å². The van der Waals surface area contributed by atoms with Crippen molar-refractivity contribution in [2.45, 2.75) is 57.8 Å². The molecule has 1 saturated carbocycles. The molecule has 2 fully saturated rings. The van der Waals surface area contributed by atoms with E-state index in [4.69, 9.17) is 4.99 Å². The van der Waals surface area contributed by atoms with Gasteiger partial charge in [0.2, 0.25) is 5.91 Å². The minimum Gasteiger partial charge on any atom is -0.350 e. The second-order valence-corrected chi connectivity index (χ2v) is 10.4. The van der Waals surface area contributed by atoms with Gasteiger partial charge in [0.25, 0.3) is 0 Å². The van der Waals surface area contributed by atoms with Crippen molar-refractivity contribution in [2.75, 3.05) is 6.54 Å². The Balaban J connectivity index is 1.43. The van der Waals surface area contributed by atoms with Gasteiger partial charge in [-0.05, 0) is 48.8 Å². The molecule has 5 atom stereocenters. The fraction of sp³-hybridized carbons (Fsp3) is 0.500. The standard InChI is InChI=1S/C28H35N3O/c1-20(2)15-25-26-24-18-30-28(25,27(32)29-17-21-9-5-3-6-10-21)16-23(24)13-14-31(26)19-22-11-7-4-8-12-22/h3-12,18,20,23-26H,13-17,19H2,1-2H3,(H,29,32)/t23-,24+,25+,26-,28?/m0/s1. The number of likely N-dealkylation sites (tertiary alicyclic amines) is 1. The number of rotatable bonds is 7. The molecule has 4 bridgehead atoms. The average Bonchev–Trinajstić information content (AvgIpc) is 2.82. The summed E-state index contributed by atoms with van der Waals surface area (Å²) in [6.07, 6.45) is 5.26. The third-order valence-electron chi connectivity index (χ3n) is 7.87. The number of nitrogens with one attached hydrogen (secondary N) is 1. The quantitative estimate of drug-likeness (QED) is 0.693. The highest BCUT2D eigenvalue weighted by atomic mass is 16.2. The van der Waals surface area contributed by atoms with Crippen LogP contribution in [0.3, 0.4) is 0 Å². The van der Waals surface area contributed by atoms with Crippen LogP contribution in [0.5, 0.6) is 0 Å². The van der Waals surface area contributed by atoms with Crippen LogP contribution in [0.2, 0.25) is 0 Å². The third kappa shape index (κ3) is 3.90. The first-order valence-electron chi connectivity index (χ1n) is 12.2. The van der Waals surface area contributed by atoms with E-state index in [1.54, 1.807) is 0 Å². The van der Waals surface area contributed by atoms with Crippen LogP contribution < -0.4 is 5.32 Å². The molecule has 168 valence electrons. The van der Waals surface area contributed by atoms with Crippen molar-refractivity contribution in [3.05, 3.63) is 71.8 Å². The lowest BCUT2D eigenvalue weighted by Crippen LogP contribution is -2.70. The zero-order valence-corrected chi connectivity index (χ0v) is 19.3. The molecule has 1 amide bonds. The Morgan fingerprint density at radius 2 is 1.78 bits per heavy atom. The van der Waals surface area contributed by atoms with Crippen molar-refractivity contribution in [1.29, 1.82) is 0 Å². The fourth-order valence-electron chi connectivity index (χ4n) is 6.46. The summed E-state index contributed by atoms with van der Waals surface area (Å²) in [6, 6.07) is 21.4. The second kappa shape index (κ2) is 8.82. The first-order chi connectivity index (χ1) is 15.6. The lowest BCUT2D eigenvalue weighted by Gasteiger charge is -2.60. The zero-order chi connectivity index (χ0) is 22.1. The molecule has 2 aromatic rings. The number of carbonyl (C=O) groups excluding carboxylic acids is 1. The summed E-state index contributed by atoms with van der Waals surface area (Å²) in [4.78, 5) is 21.5. The van der Waals surface area contributed by atoms with E-state index in [1.807, 2.05) is 18.2 Å². The Hall–Kier alpha value is -2.46. The maximum atomic E-state index is 13.8. The third-order valence-corrected chi connectivity index (χ3v) is 7.87. The summed E-state index contributed by atoms with van der Waals surface area (Å²) >= 11 is 0. The maximum absolute atomic E-state index is 13.8. The Labute approximate surface area is 192 Å². The van der Waals surface area contributed by atoms with E-state index in [1.165, 1.54) is 5.56 Å². The van der Waals surface area contributed by atoms with Crippen molar-refractivity contribution in [1.82, 2.24) is 10.2 Å². The van der Waals surface area contributed by atoms with Gasteiger partial charge in [-0.15, -0.1) is 0 Å². The molecule has 4 heteroatoms. The van der Waals surface area contributed by atoms with Gasteiger partial charge < -0.3 is 5.32 Å². The van der Waals surface area contributed by atoms with Gasteiger partial charge in [-0.2, -0.15) is 0 Å². The zero-order valence-electron chi connectivity index (χ0n) is 19.3. The van der Waals surface area contributed by atoms with Crippen LogP contribution in [0.1, 0.15) is 44.2 Å². The molecule has 3 aliphatic heterocycles. The first kappa shape index (κ1) is 21.4. The molecule has 1 saturated heterocycles. The van der Waals surface area contributed by atoms with E-state index < -0.39 is 5.54 Å². The highest BCUT2D eigenvalue weighted by Crippen LogP contribution is 2.54. The molecule has 2 aromatic carbocycles. The normalized spacial score (nSPS) is 31.1. The van der Waals surface area contributed by atoms with Crippen LogP contribution in [0.4, 0.5) is 0 Å². The molecule has 1 aliphatic carbocycles. The van der Waals surface area contributed by atoms with Gasteiger partial charge in [-0.1, -0.05) is 74.5 Å². The highest BCUT2D eigenvalue weighted by molar-refractivity contribution is 5.91. The monoisotopic (exact) mass is 429 g/mol. The lowest BCUT2D eigenvalue weighted by molar-refractivity contribution is -0.139. The Morgan fingerprint density at radius 1 is 1.09 bits per heavy atom. The van der Waals surface area contributed by atoms with Gasteiger partial charge in [-0.25, -0.2) is 0 Å². The molecule has 3 heterocycles. The van der Waals surface area contributed by atoms with E-state index >= 15 is 0 Å². The number of hydrogen-bond acceptors (Lipinski definition) is 3. The number of nitrogens with zero attached hydrogens (tertiary/aromatic N) is 2. The van der Waals surface area contributed by atoms with Gasteiger partial charge in [-0.3, -0.25) is 14.7 Å². The molecule has 6 rings (SSSR count). The van der Waals surface area contributed by atoms with E-state index in [2.05, 4.69) is 72.7 Å². The van der Waals surface area contributed by atoms with Crippen LogP contribution in [0.25, 0.3) is 0 Å². The number of carbonyl (C=O) groups is 1. The molecule has 4 nitrogen and oxygen atoms in total. The molecular formula is C28H35N3O. The summed E-state index contributed by atoms with van der Waals surface area (Å²) in [5.41, 5.74) is 1.87. The average molecular weight is 430 g/mol. The van der Waals surface area contributed by atoms with Gasteiger partial charge >= 0.3 is 0 Å². The van der Waals surface area contributed by atoms with Gasteiger partial charge in [0.05, 0.1) is 0 Å². The topological polar surface area (TPSA) is 44.7 Å². The number of amides is 1. The minimum absolute atomic E-state index is 0.123. The predicted octanol–water partition coefficient (Wildman–Crippen LogP) is 4.70. The molecular weight excluding hydrogens is 394 g/mol. The fourth-order valence-corrected chi connectivity index (χ4v) is 6.46. The lowest BCUT2D eigenvalue weighted by atomic mass is 9.54. The summed E-state index contributed by atoms with van der Waals surface area (Å²) in [5, 5.41) is 3.27. The number of aliphatic imine (C=N–C) groups is 1. The van der Waals surface area contributed by atoms with Gasteiger partial charge in [0.1, 0.15) is 5.54 Å². The molecule has 1 unspecified atom stereocenters. The van der Waals surface area contributed by atoms with Crippen molar-refractivity contribution >= 4 is 12.1 Å². The van der Waals surface area contributed by atoms with E-state index in [0.717, 1.165) is 37.9 Å². The van der Waals surface area contributed by atoms with Crippen LogP contribution >= 0.6 is 0 Å². The summed E-state index contributed by atoms with van der Waals surface area (Å²) < 4.78 is 0. The Morgan fingerprint density at radius 3 is 2.47 bits per heavy atom. The van der Waals surface area contributed by atoms with Crippen molar-refractivity contribution in [3.8, 4) is 0 Å². The van der Waals surface area contributed by atoms with Gasteiger partial charge in [0, 0.05) is 37.2 Å². The molecule has 0 spiro atoms. The summed E-state index contributed by atoms with van der Waals surface area (Å²) in [6.45, 7) is 7.20. The molecule has 4 aliphatic rings. The second-order valence-electron chi connectivity index (χ2n) is 10.4. The Bertz CT molecular complexity index is 957. The van der Waals surface area contributed by atoms with E-state index in [-0.39, 0.29) is 11.8 Å². The molecule has 32 heavy (non-hydrogen) atoms. The van der Waals surface area contributed by atoms with Crippen LogP contribution in [0.15, 0.2) is 65.7 Å². The summed E-state index contributed by atoms with van der Waals surface area (Å²) in [7, 11) is 0. The molecule has 0 radical (unpaired) electrons. The van der Waals surface area contributed by atoms with Crippen molar-refractivity contribution in [3.63, 3.8) is 0 Å². The first-order valence-corrected chi connectivity index (χ1v) is 12.2. The highest BCUT2D eigenvalue weighted by Gasteiger charge is 2.61. The van der Waals surface area contributed by atoms with Crippen molar-refractivity contribution < 1.29 is 4.79 Å². The number of hydrogen-bond donors (Lipinski definition) is 1. The summed E-state index contributed by atoms with van der Waals surface area (Å²) in [5.74, 6) is 1.95. The number of piperidine rings is 1. The SMILES string of the molecule is CC(C)C[C@@H]1[C@@H]2[C@@H]3C=NC1(C(=O)NCc1ccccc1)C[C@@H]3CCN2Cc1ccccc1.